The van der Waals surface area contributed by atoms with E-state index in [4.69, 9.17) is 0 Å². The second-order valence-corrected chi connectivity index (χ2v) is 8.23. The van der Waals surface area contributed by atoms with E-state index in [9.17, 15) is 9.59 Å². The molecule has 1 amide bonds. The first-order chi connectivity index (χ1) is 14.5. The van der Waals surface area contributed by atoms with Crippen LogP contribution < -0.4 is 10.9 Å². The van der Waals surface area contributed by atoms with Crippen LogP contribution in [-0.2, 0) is 18.3 Å². The fourth-order valence-electron chi connectivity index (χ4n) is 3.48. The molecule has 0 aliphatic heterocycles. The summed E-state index contributed by atoms with van der Waals surface area (Å²) < 4.78 is 1.52. The summed E-state index contributed by atoms with van der Waals surface area (Å²) in [6.45, 7) is 2.66. The fourth-order valence-corrected chi connectivity index (χ4v) is 4.28. The monoisotopic (exact) mass is 417 g/mol. The van der Waals surface area contributed by atoms with Crippen LogP contribution >= 0.6 is 11.8 Å². The SMILES string of the molecule is Cc1ccccc1CCNC(=O)CSc1nc2cc3ccccc3cc2c(=O)n1C. The molecule has 1 aromatic heterocycles. The summed E-state index contributed by atoms with van der Waals surface area (Å²) >= 11 is 1.28. The van der Waals surface area contributed by atoms with Crippen LogP contribution in [0, 0.1) is 6.92 Å². The Kier molecular flexibility index (Phi) is 5.86. The molecule has 4 aromatic rings. The van der Waals surface area contributed by atoms with Gasteiger partial charge < -0.3 is 5.32 Å². The van der Waals surface area contributed by atoms with E-state index in [0.717, 1.165) is 17.2 Å². The number of hydrogen-bond acceptors (Lipinski definition) is 4. The molecule has 0 bridgehead atoms. The van der Waals surface area contributed by atoms with Crippen LogP contribution in [-0.4, -0.2) is 27.8 Å². The maximum Gasteiger partial charge on any atom is 0.261 e. The molecule has 5 nitrogen and oxygen atoms in total. The maximum absolute atomic E-state index is 12.8. The molecule has 0 aliphatic rings. The van der Waals surface area contributed by atoms with Crippen LogP contribution in [0.15, 0.2) is 70.6 Å². The summed E-state index contributed by atoms with van der Waals surface area (Å²) in [6.07, 6.45) is 0.795. The Balaban J connectivity index is 1.45. The number of aryl methyl sites for hydroxylation is 1. The molecule has 0 aliphatic carbocycles. The quantitative estimate of drug-likeness (QED) is 0.294. The van der Waals surface area contributed by atoms with Crippen LogP contribution in [0.25, 0.3) is 21.7 Å². The number of amides is 1. The molecule has 0 fully saturated rings. The molecular weight excluding hydrogens is 394 g/mol. The van der Waals surface area contributed by atoms with E-state index in [1.165, 1.54) is 27.5 Å². The van der Waals surface area contributed by atoms with Gasteiger partial charge in [0.25, 0.3) is 5.56 Å². The largest absolute Gasteiger partial charge is 0.355 e. The van der Waals surface area contributed by atoms with E-state index >= 15 is 0 Å². The van der Waals surface area contributed by atoms with Gasteiger partial charge in [0, 0.05) is 13.6 Å². The number of rotatable bonds is 6. The molecule has 6 heteroatoms. The molecule has 30 heavy (non-hydrogen) atoms. The number of hydrogen-bond donors (Lipinski definition) is 1. The van der Waals surface area contributed by atoms with Gasteiger partial charge in [-0.3, -0.25) is 14.2 Å². The third kappa shape index (κ3) is 4.24. The van der Waals surface area contributed by atoms with Crippen molar-refractivity contribution in [1.82, 2.24) is 14.9 Å². The Bertz CT molecular complexity index is 1300. The minimum absolute atomic E-state index is 0.0681. The van der Waals surface area contributed by atoms with Crippen LogP contribution in [0.5, 0.6) is 0 Å². The molecule has 0 saturated heterocycles. The Morgan fingerprint density at radius 3 is 2.53 bits per heavy atom. The predicted molar refractivity (Wildman–Crippen MR) is 123 cm³/mol. The van der Waals surface area contributed by atoms with Crippen LogP contribution in [0.2, 0.25) is 0 Å². The predicted octanol–water partition coefficient (Wildman–Crippen LogP) is 3.85. The highest BCUT2D eigenvalue weighted by Crippen LogP contribution is 2.22. The number of carbonyl (C=O) groups excluding carboxylic acids is 1. The van der Waals surface area contributed by atoms with Crippen molar-refractivity contribution in [3.05, 3.63) is 82.1 Å². The van der Waals surface area contributed by atoms with Crippen LogP contribution in [0.3, 0.4) is 0 Å². The number of nitrogens with zero attached hydrogens (tertiary/aromatic N) is 2. The zero-order valence-corrected chi connectivity index (χ0v) is 17.8. The van der Waals surface area contributed by atoms with E-state index in [1.54, 1.807) is 7.05 Å². The first-order valence-electron chi connectivity index (χ1n) is 9.86. The van der Waals surface area contributed by atoms with E-state index in [-0.39, 0.29) is 17.2 Å². The lowest BCUT2D eigenvalue weighted by molar-refractivity contribution is -0.118. The van der Waals surface area contributed by atoms with Crippen molar-refractivity contribution in [2.75, 3.05) is 12.3 Å². The number of aromatic nitrogens is 2. The van der Waals surface area contributed by atoms with Crippen molar-refractivity contribution < 1.29 is 4.79 Å². The Labute approximate surface area is 179 Å². The molecule has 0 atom stereocenters. The minimum atomic E-state index is -0.104. The molecule has 0 unspecified atom stereocenters. The van der Waals surface area contributed by atoms with Crippen LogP contribution in [0.4, 0.5) is 0 Å². The number of nitrogens with one attached hydrogen (secondary N) is 1. The number of carbonyl (C=O) groups is 1. The normalized spacial score (nSPS) is 11.1. The van der Waals surface area contributed by atoms with Gasteiger partial charge in [-0.15, -0.1) is 0 Å². The molecule has 0 spiro atoms. The van der Waals surface area contributed by atoms with E-state index < -0.39 is 0 Å². The molecule has 3 aromatic carbocycles. The Hall–Kier alpha value is -3.12. The van der Waals surface area contributed by atoms with Crippen molar-refractivity contribution in [2.24, 2.45) is 7.05 Å². The topological polar surface area (TPSA) is 64.0 Å². The highest BCUT2D eigenvalue weighted by atomic mass is 32.2. The summed E-state index contributed by atoms with van der Waals surface area (Å²) in [6, 6.07) is 19.9. The van der Waals surface area contributed by atoms with Gasteiger partial charge in [-0.25, -0.2) is 4.98 Å². The molecular formula is C24H23N3O2S. The average molecular weight is 418 g/mol. The Morgan fingerprint density at radius 2 is 1.77 bits per heavy atom. The molecule has 152 valence electrons. The van der Waals surface area contributed by atoms with Crippen LogP contribution in [0.1, 0.15) is 11.1 Å². The van der Waals surface area contributed by atoms with Crippen molar-refractivity contribution in [3.8, 4) is 0 Å². The van der Waals surface area contributed by atoms with Gasteiger partial charge in [0.15, 0.2) is 5.16 Å². The van der Waals surface area contributed by atoms with Gasteiger partial charge in [-0.2, -0.15) is 0 Å². The molecule has 1 N–H and O–H groups in total. The van der Waals surface area contributed by atoms with E-state index in [2.05, 4.69) is 29.4 Å². The zero-order valence-electron chi connectivity index (χ0n) is 17.0. The van der Waals surface area contributed by atoms with E-state index in [0.29, 0.717) is 22.6 Å². The lowest BCUT2D eigenvalue weighted by Gasteiger charge is -2.10. The minimum Gasteiger partial charge on any atom is -0.355 e. The first kappa shape index (κ1) is 20.2. The molecule has 0 saturated carbocycles. The second kappa shape index (κ2) is 8.71. The average Bonchev–Trinajstić information content (AvgIpc) is 2.75. The van der Waals surface area contributed by atoms with E-state index in [1.807, 2.05) is 48.5 Å². The zero-order chi connectivity index (χ0) is 21.1. The van der Waals surface area contributed by atoms with Crippen molar-refractivity contribution in [1.29, 1.82) is 0 Å². The summed E-state index contributed by atoms with van der Waals surface area (Å²) in [4.78, 5) is 29.7. The van der Waals surface area contributed by atoms with Gasteiger partial charge in [0.2, 0.25) is 5.91 Å². The third-order valence-corrected chi connectivity index (χ3v) is 6.24. The number of benzene rings is 3. The molecule has 0 radical (unpaired) electrons. The molecule has 1 heterocycles. The highest BCUT2D eigenvalue weighted by molar-refractivity contribution is 7.99. The van der Waals surface area contributed by atoms with Gasteiger partial charge in [0.05, 0.1) is 16.7 Å². The third-order valence-electron chi connectivity index (χ3n) is 5.21. The van der Waals surface area contributed by atoms with Crippen molar-refractivity contribution in [2.45, 2.75) is 18.5 Å². The lowest BCUT2D eigenvalue weighted by atomic mass is 10.1. The summed E-state index contributed by atoms with van der Waals surface area (Å²) in [5.41, 5.74) is 3.01. The number of fused-ring (bicyclic) bond motifs is 2. The van der Waals surface area contributed by atoms with Gasteiger partial charge in [-0.05, 0) is 47.4 Å². The summed E-state index contributed by atoms with van der Waals surface area (Å²) in [7, 11) is 1.70. The smallest absolute Gasteiger partial charge is 0.261 e. The van der Waals surface area contributed by atoms with Crippen molar-refractivity contribution >= 4 is 39.3 Å². The first-order valence-corrected chi connectivity index (χ1v) is 10.8. The standard InChI is InChI=1S/C24H23N3O2S/c1-16-7-3-4-8-17(16)11-12-25-22(28)15-30-24-26-21-14-19-10-6-5-9-18(19)13-20(21)23(29)27(24)2/h3-10,13-14H,11-12,15H2,1-2H3,(H,25,28). The lowest BCUT2D eigenvalue weighted by Crippen LogP contribution is -2.28. The van der Waals surface area contributed by atoms with Gasteiger partial charge in [0.1, 0.15) is 0 Å². The van der Waals surface area contributed by atoms with Gasteiger partial charge in [-0.1, -0.05) is 60.3 Å². The van der Waals surface area contributed by atoms with Gasteiger partial charge >= 0.3 is 0 Å². The fraction of sp³-hybridized carbons (Fsp3) is 0.208. The number of thioether (sulfide) groups is 1. The summed E-state index contributed by atoms with van der Waals surface area (Å²) in [5.74, 6) is 0.147. The maximum atomic E-state index is 12.8. The van der Waals surface area contributed by atoms with Crippen molar-refractivity contribution in [3.63, 3.8) is 0 Å². The highest BCUT2D eigenvalue weighted by Gasteiger charge is 2.12. The summed E-state index contributed by atoms with van der Waals surface area (Å²) in [5, 5.41) is 6.12. The Morgan fingerprint density at radius 1 is 1.07 bits per heavy atom. The molecule has 4 rings (SSSR count). The second-order valence-electron chi connectivity index (χ2n) is 7.29.